The lowest BCUT2D eigenvalue weighted by atomic mass is 10.1. The second-order valence-corrected chi connectivity index (χ2v) is 6.43. The fourth-order valence-corrected chi connectivity index (χ4v) is 3.20. The lowest BCUT2D eigenvalue weighted by Gasteiger charge is -2.10. The van der Waals surface area contributed by atoms with Crippen LogP contribution in [0.1, 0.15) is 25.7 Å². The molecular weight excluding hydrogens is 336 g/mol. The van der Waals surface area contributed by atoms with E-state index in [9.17, 15) is 4.79 Å². The van der Waals surface area contributed by atoms with E-state index in [-0.39, 0.29) is 18.3 Å². The highest BCUT2D eigenvalue weighted by Gasteiger charge is 2.14. The van der Waals surface area contributed by atoms with Gasteiger partial charge in [0.05, 0.1) is 6.61 Å². The van der Waals surface area contributed by atoms with Crippen LogP contribution in [0.3, 0.4) is 0 Å². The van der Waals surface area contributed by atoms with Gasteiger partial charge in [-0.2, -0.15) is 0 Å². The molecule has 25 heavy (non-hydrogen) atoms. The van der Waals surface area contributed by atoms with Crippen molar-refractivity contribution in [3.05, 3.63) is 42.5 Å². The molecule has 1 unspecified atom stereocenters. The average Bonchev–Trinajstić information content (AvgIpc) is 3.12. The third kappa shape index (κ3) is 5.91. The molecule has 5 heteroatoms. The summed E-state index contributed by atoms with van der Waals surface area (Å²) in [4.78, 5) is 11.9. The smallest absolute Gasteiger partial charge is 0.220 e. The van der Waals surface area contributed by atoms with Crippen LogP contribution in [0.15, 0.2) is 42.5 Å². The Labute approximate surface area is 155 Å². The van der Waals surface area contributed by atoms with E-state index >= 15 is 0 Å². The van der Waals surface area contributed by atoms with Gasteiger partial charge in [-0.15, -0.1) is 12.4 Å². The molecule has 1 aliphatic rings. The van der Waals surface area contributed by atoms with Crippen molar-refractivity contribution in [1.29, 1.82) is 0 Å². The quantitative estimate of drug-likeness (QED) is 0.706. The molecule has 1 saturated heterocycles. The minimum atomic E-state index is 0. The first-order valence-electron chi connectivity index (χ1n) is 8.91. The highest BCUT2D eigenvalue weighted by molar-refractivity contribution is 5.88. The number of rotatable bonds is 8. The Kier molecular flexibility index (Phi) is 8.02. The number of hydrogen-bond donors (Lipinski definition) is 2. The lowest BCUT2D eigenvalue weighted by Crippen LogP contribution is -2.26. The van der Waals surface area contributed by atoms with E-state index in [4.69, 9.17) is 4.74 Å². The van der Waals surface area contributed by atoms with Gasteiger partial charge in [-0.3, -0.25) is 4.79 Å². The van der Waals surface area contributed by atoms with Crippen LogP contribution in [0.25, 0.3) is 10.8 Å². The fraction of sp³-hybridized carbons (Fsp3) is 0.450. The van der Waals surface area contributed by atoms with Crippen LogP contribution in [0, 0.1) is 5.92 Å². The Balaban J connectivity index is 0.00000225. The maximum absolute atomic E-state index is 11.9. The van der Waals surface area contributed by atoms with E-state index in [1.54, 1.807) is 0 Å². The van der Waals surface area contributed by atoms with Gasteiger partial charge in [0.2, 0.25) is 5.91 Å². The van der Waals surface area contributed by atoms with Crippen LogP contribution in [-0.2, 0) is 4.79 Å². The van der Waals surface area contributed by atoms with E-state index in [1.165, 1.54) is 11.8 Å². The maximum Gasteiger partial charge on any atom is 0.220 e. The number of nitrogens with one attached hydrogen (secondary N) is 2. The first-order chi connectivity index (χ1) is 11.8. The minimum Gasteiger partial charge on any atom is -0.493 e. The van der Waals surface area contributed by atoms with Crippen molar-refractivity contribution < 1.29 is 9.53 Å². The van der Waals surface area contributed by atoms with E-state index in [0.29, 0.717) is 13.0 Å². The molecule has 1 aliphatic heterocycles. The molecule has 0 bridgehead atoms. The van der Waals surface area contributed by atoms with Gasteiger partial charge in [0, 0.05) is 18.4 Å². The minimum absolute atomic E-state index is 0. The topological polar surface area (TPSA) is 50.4 Å². The fourth-order valence-electron chi connectivity index (χ4n) is 3.20. The zero-order valence-corrected chi connectivity index (χ0v) is 15.3. The predicted molar refractivity (Wildman–Crippen MR) is 105 cm³/mol. The first kappa shape index (κ1) is 19.5. The van der Waals surface area contributed by atoms with Gasteiger partial charge < -0.3 is 15.4 Å². The van der Waals surface area contributed by atoms with Crippen LogP contribution >= 0.6 is 12.4 Å². The van der Waals surface area contributed by atoms with Gasteiger partial charge in [-0.25, -0.2) is 0 Å². The Hall–Kier alpha value is -1.78. The molecule has 4 nitrogen and oxygen atoms in total. The molecule has 136 valence electrons. The molecule has 2 aromatic rings. The number of hydrogen-bond acceptors (Lipinski definition) is 3. The van der Waals surface area contributed by atoms with Crippen molar-refractivity contribution in [1.82, 2.24) is 10.6 Å². The summed E-state index contributed by atoms with van der Waals surface area (Å²) in [5, 5.41) is 8.66. The molecule has 2 aromatic carbocycles. The number of fused-ring (bicyclic) bond motifs is 1. The van der Waals surface area contributed by atoms with E-state index in [1.807, 2.05) is 24.3 Å². The summed E-state index contributed by atoms with van der Waals surface area (Å²) in [5.74, 6) is 1.74. The summed E-state index contributed by atoms with van der Waals surface area (Å²) in [6.45, 7) is 3.56. The molecule has 3 rings (SSSR count). The van der Waals surface area contributed by atoms with Crippen LogP contribution < -0.4 is 15.4 Å². The number of benzene rings is 2. The Morgan fingerprint density at radius 1 is 1.20 bits per heavy atom. The monoisotopic (exact) mass is 362 g/mol. The second kappa shape index (κ2) is 10.3. The molecule has 1 atom stereocenters. The number of amides is 1. The molecule has 0 spiro atoms. The first-order valence-corrected chi connectivity index (χ1v) is 8.91. The molecule has 1 amide bonds. The van der Waals surface area contributed by atoms with Crippen LogP contribution in [0.4, 0.5) is 0 Å². The summed E-state index contributed by atoms with van der Waals surface area (Å²) in [7, 11) is 0. The van der Waals surface area contributed by atoms with Crippen molar-refractivity contribution in [3.8, 4) is 5.75 Å². The van der Waals surface area contributed by atoms with Crippen molar-refractivity contribution in [2.45, 2.75) is 25.7 Å². The van der Waals surface area contributed by atoms with E-state index < -0.39 is 0 Å². The SMILES string of the molecule is Cl.O=C(CCCOc1cccc2ccccc12)NCCC1CCNC1. The van der Waals surface area contributed by atoms with Crippen LogP contribution in [-0.4, -0.2) is 32.1 Å². The Morgan fingerprint density at radius 2 is 2.04 bits per heavy atom. The zero-order valence-electron chi connectivity index (χ0n) is 14.5. The van der Waals surface area contributed by atoms with Gasteiger partial charge >= 0.3 is 0 Å². The lowest BCUT2D eigenvalue weighted by molar-refractivity contribution is -0.121. The molecule has 1 fully saturated rings. The van der Waals surface area contributed by atoms with E-state index in [2.05, 4.69) is 28.8 Å². The summed E-state index contributed by atoms with van der Waals surface area (Å²) in [6, 6.07) is 14.3. The highest BCUT2D eigenvalue weighted by Crippen LogP contribution is 2.25. The van der Waals surface area contributed by atoms with Gasteiger partial charge in [-0.05, 0) is 49.7 Å². The van der Waals surface area contributed by atoms with Crippen molar-refractivity contribution in [2.75, 3.05) is 26.2 Å². The Morgan fingerprint density at radius 3 is 2.88 bits per heavy atom. The van der Waals surface area contributed by atoms with Crippen molar-refractivity contribution >= 4 is 29.1 Å². The Bertz CT molecular complexity index is 666. The van der Waals surface area contributed by atoms with Gasteiger partial charge in [0.1, 0.15) is 5.75 Å². The van der Waals surface area contributed by atoms with Crippen LogP contribution in [0.5, 0.6) is 5.75 Å². The summed E-state index contributed by atoms with van der Waals surface area (Å²) in [6.07, 6.45) is 3.56. The van der Waals surface area contributed by atoms with Crippen molar-refractivity contribution in [3.63, 3.8) is 0 Å². The number of carbonyl (C=O) groups is 1. The second-order valence-electron chi connectivity index (χ2n) is 6.43. The number of carbonyl (C=O) groups excluding carboxylic acids is 1. The molecule has 0 radical (unpaired) electrons. The summed E-state index contributed by atoms with van der Waals surface area (Å²) in [5.41, 5.74) is 0. The standard InChI is InChI=1S/C20H26N2O2.ClH/c23-20(22-13-11-16-10-12-21-15-16)9-4-14-24-19-8-3-6-17-5-1-2-7-18(17)19;/h1-3,5-8,16,21H,4,9-15H2,(H,22,23);1H. The third-order valence-electron chi connectivity index (χ3n) is 4.59. The molecule has 0 aliphatic carbocycles. The summed E-state index contributed by atoms with van der Waals surface area (Å²) >= 11 is 0. The molecule has 2 N–H and O–H groups in total. The van der Waals surface area contributed by atoms with Crippen LogP contribution in [0.2, 0.25) is 0 Å². The molecule has 0 aromatic heterocycles. The highest BCUT2D eigenvalue weighted by atomic mass is 35.5. The molecular formula is C20H27ClN2O2. The number of halogens is 1. The van der Waals surface area contributed by atoms with Gasteiger partial charge in [0.15, 0.2) is 0 Å². The largest absolute Gasteiger partial charge is 0.493 e. The average molecular weight is 363 g/mol. The third-order valence-corrected chi connectivity index (χ3v) is 4.59. The van der Waals surface area contributed by atoms with Crippen molar-refractivity contribution in [2.24, 2.45) is 5.92 Å². The molecule has 1 heterocycles. The number of ether oxygens (including phenoxy) is 1. The normalized spacial score (nSPS) is 16.4. The van der Waals surface area contributed by atoms with Gasteiger partial charge in [0.25, 0.3) is 0 Å². The van der Waals surface area contributed by atoms with E-state index in [0.717, 1.165) is 49.5 Å². The zero-order chi connectivity index (χ0) is 16.6. The molecule has 0 saturated carbocycles. The maximum atomic E-state index is 11.9. The predicted octanol–water partition coefficient (Wildman–Crippen LogP) is 3.54. The summed E-state index contributed by atoms with van der Waals surface area (Å²) < 4.78 is 5.87. The van der Waals surface area contributed by atoms with Gasteiger partial charge in [-0.1, -0.05) is 36.4 Å².